The third-order valence-electron chi connectivity index (χ3n) is 4.24. The molecule has 1 saturated heterocycles. The van der Waals surface area contributed by atoms with Crippen LogP contribution >= 0.6 is 15.9 Å². The molecule has 4 rings (SSSR count). The molecule has 3 heterocycles. The van der Waals surface area contributed by atoms with Crippen molar-refractivity contribution in [2.75, 3.05) is 31.1 Å². The zero-order valence-corrected chi connectivity index (χ0v) is 14.6. The van der Waals surface area contributed by atoms with Crippen LogP contribution in [-0.2, 0) is 0 Å². The Kier molecular flexibility index (Phi) is 3.93. The Morgan fingerprint density at radius 3 is 2.54 bits per heavy atom. The minimum Gasteiger partial charge on any atom is -0.368 e. The number of anilines is 1. The predicted octanol–water partition coefficient (Wildman–Crippen LogP) is 2.45. The van der Waals surface area contributed by atoms with Crippen molar-refractivity contribution in [3.63, 3.8) is 0 Å². The van der Waals surface area contributed by atoms with Crippen LogP contribution in [-0.4, -0.2) is 51.6 Å². The van der Waals surface area contributed by atoms with Gasteiger partial charge in [0.25, 0.3) is 5.91 Å². The molecule has 1 aromatic carbocycles. The first-order valence-corrected chi connectivity index (χ1v) is 8.60. The van der Waals surface area contributed by atoms with Crippen molar-refractivity contribution in [3.8, 4) is 0 Å². The van der Waals surface area contributed by atoms with E-state index in [0.29, 0.717) is 24.3 Å². The second-order valence-corrected chi connectivity index (χ2v) is 6.63. The molecule has 7 heteroatoms. The maximum Gasteiger partial charge on any atom is 0.259 e. The van der Waals surface area contributed by atoms with E-state index < -0.39 is 0 Å². The van der Waals surface area contributed by atoms with Crippen LogP contribution in [0.1, 0.15) is 10.4 Å². The van der Waals surface area contributed by atoms with Crippen molar-refractivity contribution in [3.05, 3.63) is 59.0 Å². The Balaban J connectivity index is 1.50. The molecule has 0 radical (unpaired) electrons. The summed E-state index contributed by atoms with van der Waals surface area (Å²) in [6, 6.07) is 10.3. The minimum absolute atomic E-state index is 0.00691. The molecule has 1 aliphatic rings. The molecule has 3 aromatic rings. The lowest BCUT2D eigenvalue weighted by atomic mass is 10.2. The molecule has 1 amide bonds. The summed E-state index contributed by atoms with van der Waals surface area (Å²) in [6.45, 7) is 3.05. The van der Waals surface area contributed by atoms with Gasteiger partial charge in [0.05, 0.1) is 10.7 Å². The van der Waals surface area contributed by atoms with E-state index in [1.165, 1.54) is 5.69 Å². The second-order valence-electron chi connectivity index (χ2n) is 5.71. The first-order chi connectivity index (χ1) is 11.7. The topological polar surface area (TPSA) is 53.7 Å². The highest BCUT2D eigenvalue weighted by molar-refractivity contribution is 9.10. The summed E-state index contributed by atoms with van der Waals surface area (Å²) in [5.41, 5.74) is 2.34. The highest BCUT2D eigenvalue weighted by Gasteiger charge is 2.25. The molecule has 6 nitrogen and oxygen atoms in total. The van der Waals surface area contributed by atoms with Gasteiger partial charge in [0.2, 0.25) is 0 Å². The van der Waals surface area contributed by atoms with Crippen LogP contribution in [0.25, 0.3) is 5.65 Å². The normalized spacial score (nSPS) is 15.0. The second kappa shape index (κ2) is 6.24. The van der Waals surface area contributed by atoms with Crippen LogP contribution in [0.4, 0.5) is 5.69 Å². The van der Waals surface area contributed by atoms with Crippen molar-refractivity contribution >= 4 is 33.2 Å². The summed E-state index contributed by atoms with van der Waals surface area (Å²) < 4.78 is 2.45. The van der Waals surface area contributed by atoms with Crippen molar-refractivity contribution < 1.29 is 4.79 Å². The average Bonchev–Trinajstić information content (AvgIpc) is 3.05. The Bertz CT molecular complexity index is 871. The van der Waals surface area contributed by atoms with Crippen LogP contribution in [0.2, 0.25) is 0 Å². The fourth-order valence-corrected chi connectivity index (χ4v) is 3.28. The summed E-state index contributed by atoms with van der Waals surface area (Å²) in [5.74, 6) is -0.00691. The summed E-state index contributed by atoms with van der Waals surface area (Å²) in [7, 11) is 0. The fraction of sp³-hybridized carbons (Fsp3) is 0.235. The standard InChI is InChI=1S/C17H16BrN5O/c18-13-10-19-16-15(11-20-23(16)12-13)17(24)22-8-6-21(7-9-22)14-4-2-1-3-5-14/h1-5,10-12H,6-9H2. The van der Waals surface area contributed by atoms with Gasteiger partial charge in [0.15, 0.2) is 5.65 Å². The lowest BCUT2D eigenvalue weighted by molar-refractivity contribution is 0.0748. The lowest BCUT2D eigenvalue weighted by Crippen LogP contribution is -2.48. The number of fused-ring (bicyclic) bond motifs is 1. The molecule has 0 aliphatic carbocycles. The summed E-state index contributed by atoms with van der Waals surface area (Å²) in [5, 5.41) is 4.22. The van der Waals surface area contributed by atoms with Gasteiger partial charge in [-0.05, 0) is 28.1 Å². The molecule has 0 spiro atoms. The summed E-state index contributed by atoms with van der Waals surface area (Å²) >= 11 is 3.36. The SMILES string of the molecule is O=C(c1cnn2cc(Br)cnc12)N1CCN(c2ccccc2)CC1. The zero-order valence-electron chi connectivity index (χ0n) is 13.0. The molecule has 1 fully saturated rings. The van der Waals surface area contributed by atoms with Gasteiger partial charge in [0, 0.05) is 44.3 Å². The van der Waals surface area contributed by atoms with Crippen LogP contribution in [0.5, 0.6) is 0 Å². The first-order valence-electron chi connectivity index (χ1n) is 7.80. The highest BCUT2D eigenvalue weighted by atomic mass is 79.9. The molecular formula is C17H16BrN5O. The number of carbonyl (C=O) groups excluding carboxylic acids is 1. The van der Waals surface area contributed by atoms with Crippen LogP contribution in [0.15, 0.2) is 53.4 Å². The van der Waals surface area contributed by atoms with Crippen molar-refractivity contribution in [2.24, 2.45) is 0 Å². The molecule has 0 atom stereocenters. The molecule has 0 unspecified atom stereocenters. The smallest absolute Gasteiger partial charge is 0.259 e. The number of aromatic nitrogens is 3. The first kappa shape index (κ1) is 15.1. The van der Waals surface area contributed by atoms with Gasteiger partial charge in [0.1, 0.15) is 5.56 Å². The molecule has 0 bridgehead atoms. The van der Waals surface area contributed by atoms with Gasteiger partial charge < -0.3 is 9.80 Å². The molecule has 1 aliphatic heterocycles. The minimum atomic E-state index is -0.00691. The lowest BCUT2D eigenvalue weighted by Gasteiger charge is -2.36. The van der Waals surface area contributed by atoms with E-state index in [1.807, 2.05) is 23.1 Å². The maximum atomic E-state index is 12.8. The van der Waals surface area contributed by atoms with Crippen molar-refractivity contribution in [2.45, 2.75) is 0 Å². The van der Waals surface area contributed by atoms with Gasteiger partial charge in [-0.3, -0.25) is 4.79 Å². The van der Waals surface area contributed by atoms with Crippen LogP contribution in [0.3, 0.4) is 0 Å². The number of amides is 1. The third-order valence-corrected chi connectivity index (χ3v) is 4.65. The average molecular weight is 386 g/mol. The van der Waals surface area contributed by atoms with Gasteiger partial charge >= 0.3 is 0 Å². The van der Waals surface area contributed by atoms with Crippen LogP contribution < -0.4 is 4.90 Å². The Morgan fingerprint density at radius 2 is 1.79 bits per heavy atom. The van der Waals surface area contributed by atoms with E-state index in [9.17, 15) is 4.79 Å². The number of para-hydroxylation sites is 1. The Hall–Kier alpha value is -2.41. The van der Waals surface area contributed by atoms with E-state index in [0.717, 1.165) is 17.6 Å². The van der Waals surface area contributed by atoms with E-state index in [2.05, 4.69) is 43.0 Å². The molecule has 24 heavy (non-hydrogen) atoms. The molecule has 0 saturated carbocycles. The van der Waals surface area contributed by atoms with Gasteiger partial charge in [-0.25, -0.2) is 9.50 Å². The molecule has 122 valence electrons. The molecule has 2 aromatic heterocycles. The largest absolute Gasteiger partial charge is 0.368 e. The number of hydrogen-bond donors (Lipinski definition) is 0. The monoisotopic (exact) mass is 385 g/mol. The van der Waals surface area contributed by atoms with E-state index in [-0.39, 0.29) is 5.91 Å². The predicted molar refractivity (Wildman–Crippen MR) is 95.2 cm³/mol. The molecule has 0 N–H and O–H groups in total. The number of benzene rings is 1. The fourth-order valence-electron chi connectivity index (χ4n) is 2.98. The van der Waals surface area contributed by atoms with Gasteiger partial charge in [-0.1, -0.05) is 18.2 Å². The quantitative estimate of drug-likeness (QED) is 0.679. The highest BCUT2D eigenvalue weighted by Crippen LogP contribution is 2.18. The number of carbonyl (C=O) groups is 1. The maximum absolute atomic E-state index is 12.8. The number of halogens is 1. The van der Waals surface area contributed by atoms with E-state index in [1.54, 1.807) is 23.1 Å². The van der Waals surface area contributed by atoms with Crippen molar-refractivity contribution in [1.82, 2.24) is 19.5 Å². The summed E-state index contributed by atoms with van der Waals surface area (Å²) in [6.07, 6.45) is 5.08. The third kappa shape index (κ3) is 2.75. The van der Waals surface area contributed by atoms with E-state index in [4.69, 9.17) is 0 Å². The number of rotatable bonds is 2. The number of hydrogen-bond acceptors (Lipinski definition) is 4. The number of nitrogens with zero attached hydrogens (tertiary/aromatic N) is 5. The zero-order chi connectivity index (χ0) is 16.5. The van der Waals surface area contributed by atoms with E-state index >= 15 is 0 Å². The summed E-state index contributed by atoms with van der Waals surface area (Å²) in [4.78, 5) is 21.3. The van der Waals surface area contributed by atoms with Crippen molar-refractivity contribution in [1.29, 1.82) is 0 Å². The van der Waals surface area contributed by atoms with Crippen LogP contribution in [0, 0.1) is 0 Å². The van der Waals surface area contributed by atoms with Gasteiger partial charge in [-0.2, -0.15) is 5.10 Å². The molecular weight excluding hydrogens is 370 g/mol. The Morgan fingerprint density at radius 1 is 1.04 bits per heavy atom. The Labute approximate surface area is 147 Å². The number of piperazine rings is 1. The van der Waals surface area contributed by atoms with Gasteiger partial charge in [-0.15, -0.1) is 0 Å².